The molecule has 0 atom stereocenters. The molecule has 0 saturated heterocycles. The van der Waals surface area contributed by atoms with E-state index in [0.29, 0.717) is 11.7 Å². The fourth-order valence-corrected chi connectivity index (χ4v) is 1.65. The third-order valence-electron chi connectivity index (χ3n) is 2.40. The van der Waals surface area contributed by atoms with Gasteiger partial charge in [-0.05, 0) is 25.0 Å². The molecule has 0 aliphatic heterocycles. The van der Waals surface area contributed by atoms with Crippen molar-refractivity contribution >= 4 is 11.2 Å². The molecule has 3 rings (SSSR count). The highest BCUT2D eigenvalue weighted by molar-refractivity contribution is 5.70. The van der Waals surface area contributed by atoms with E-state index < -0.39 is 0 Å². The van der Waals surface area contributed by atoms with Gasteiger partial charge in [-0.2, -0.15) is 0 Å². The lowest BCUT2D eigenvalue weighted by Gasteiger charge is -1.96. The molecule has 1 fully saturated rings. The molecule has 2 heterocycles. The van der Waals surface area contributed by atoms with E-state index in [-0.39, 0.29) is 7.12 Å². The van der Waals surface area contributed by atoms with Crippen molar-refractivity contribution in [1.82, 2.24) is 14.5 Å². The van der Waals surface area contributed by atoms with Gasteiger partial charge in [-0.3, -0.25) is 9.55 Å². The largest absolute Gasteiger partial charge is 0.327 e. The monoisotopic (exact) mass is 177 g/mol. The van der Waals surface area contributed by atoms with Crippen LogP contribution in [0, 0.1) is 0 Å². The molecule has 0 radical (unpaired) electrons. The Morgan fingerprint density at radius 3 is 3.23 bits per heavy atom. The number of aromatic amines is 1. The van der Waals surface area contributed by atoms with Crippen LogP contribution in [0.4, 0.5) is 0 Å². The third-order valence-corrected chi connectivity index (χ3v) is 2.40. The number of imidazole rings is 1. The molecule has 0 amide bonds. The van der Waals surface area contributed by atoms with Gasteiger partial charge in [-0.1, -0.05) is 0 Å². The lowest BCUT2D eigenvalue weighted by molar-refractivity contribution is 0.733. The molecular formula is C9H11N3O. The summed E-state index contributed by atoms with van der Waals surface area (Å²) in [5.74, 6) is 0. The fourth-order valence-electron chi connectivity index (χ4n) is 1.65. The molecule has 2 aromatic heterocycles. The summed E-state index contributed by atoms with van der Waals surface area (Å²) in [7, 11) is 0. The molecule has 1 saturated carbocycles. The van der Waals surface area contributed by atoms with Crippen molar-refractivity contribution in [2.24, 2.45) is 0 Å². The van der Waals surface area contributed by atoms with Crippen LogP contribution < -0.4 is 5.69 Å². The number of pyridine rings is 1. The van der Waals surface area contributed by atoms with Crippen molar-refractivity contribution < 1.29 is 1.43 Å². The first-order valence-electron chi connectivity index (χ1n) is 4.41. The average Bonchev–Trinajstić information content (AvgIpc) is 2.88. The topological polar surface area (TPSA) is 50.7 Å². The van der Waals surface area contributed by atoms with Gasteiger partial charge in [0.1, 0.15) is 0 Å². The van der Waals surface area contributed by atoms with Crippen molar-refractivity contribution in [3.05, 3.63) is 28.8 Å². The summed E-state index contributed by atoms with van der Waals surface area (Å²) in [6, 6.07) is 4.19. The molecule has 1 N–H and O–H groups in total. The Morgan fingerprint density at radius 2 is 2.46 bits per heavy atom. The van der Waals surface area contributed by atoms with E-state index in [9.17, 15) is 4.79 Å². The summed E-state index contributed by atoms with van der Waals surface area (Å²) in [6.45, 7) is 0. The first kappa shape index (κ1) is 6.88. The average molecular weight is 177 g/mol. The molecule has 4 heteroatoms. The van der Waals surface area contributed by atoms with Crippen LogP contribution in [0.25, 0.3) is 11.2 Å². The fraction of sp³-hybridized carbons (Fsp3) is 0.333. The zero-order chi connectivity index (χ0) is 8.84. The summed E-state index contributed by atoms with van der Waals surface area (Å²) in [5, 5.41) is 0. The van der Waals surface area contributed by atoms with Gasteiger partial charge in [-0.15, -0.1) is 0 Å². The SMILES string of the molecule is O=c1[nH]c2ncccc2n1C1CC1.[HH]. The van der Waals surface area contributed by atoms with Crippen LogP contribution in [0.15, 0.2) is 23.1 Å². The molecule has 1 aliphatic rings. The summed E-state index contributed by atoms with van der Waals surface area (Å²) in [4.78, 5) is 18.3. The van der Waals surface area contributed by atoms with E-state index in [1.807, 2.05) is 16.7 Å². The van der Waals surface area contributed by atoms with Gasteiger partial charge in [0.15, 0.2) is 5.65 Å². The minimum Gasteiger partial charge on any atom is -0.290 e. The smallest absolute Gasteiger partial charge is 0.290 e. The number of nitrogens with zero attached hydrogens (tertiary/aromatic N) is 2. The van der Waals surface area contributed by atoms with Gasteiger partial charge in [0.25, 0.3) is 0 Å². The molecule has 1 aliphatic carbocycles. The van der Waals surface area contributed by atoms with Crippen LogP contribution in [0.3, 0.4) is 0 Å². The van der Waals surface area contributed by atoms with Gasteiger partial charge in [-0.25, -0.2) is 9.78 Å². The zero-order valence-electron chi connectivity index (χ0n) is 7.03. The van der Waals surface area contributed by atoms with Crippen molar-refractivity contribution in [3.8, 4) is 0 Å². The van der Waals surface area contributed by atoms with E-state index >= 15 is 0 Å². The predicted octanol–water partition coefficient (Wildman–Crippen LogP) is 1.31. The second-order valence-electron chi connectivity index (χ2n) is 3.40. The number of aromatic nitrogens is 3. The summed E-state index contributed by atoms with van der Waals surface area (Å²) in [6.07, 6.45) is 3.92. The Hall–Kier alpha value is -1.58. The van der Waals surface area contributed by atoms with Crippen LogP contribution >= 0.6 is 0 Å². The Kier molecular flexibility index (Phi) is 1.17. The van der Waals surface area contributed by atoms with E-state index in [1.165, 1.54) is 0 Å². The highest BCUT2D eigenvalue weighted by Gasteiger charge is 2.27. The summed E-state index contributed by atoms with van der Waals surface area (Å²) < 4.78 is 1.81. The first-order valence-corrected chi connectivity index (χ1v) is 4.41. The molecule has 0 bridgehead atoms. The molecule has 0 spiro atoms. The maximum atomic E-state index is 11.5. The number of rotatable bonds is 1. The van der Waals surface area contributed by atoms with Crippen LogP contribution in [-0.2, 0) is 0 Å². The van der Waals surface area contributed by atoms with Crippen molar-refractivity contribution in [1.29, 1.82) is 0 Å². The van der Waals surface area contributed by atoms with Crippen LogP contribution in [0.5, 0.6) is 0 Å². The number of hydrogen-bond acceptors (Lipinski definition) is 2. The summed E-state index contributed by atoms with van der Waals surface area (Å²) in [5.41, 5.74) is 1.59. The highest BCUT2D eigenvalue weighted by Crippen LogP contribution is 2.35. The predicted molar refractivity (Wildman–Crippen MR) is 50.7 cm³/mol. The van der Waals surface area contributed by atoms with Crippen molar-refractivity contribution in [2.45, 2.75) is 18.9 Å². The Bertz CT molecular complexity index is 512. The first-order chi connectivity index (χ1) is 6.36. The molecule has 0 aromatic carbocycles. The molecule has 68 valence electrons. The van der Waals surface area contributed by atoms with Gasteiger partial charge in [0.05, 0.1) is 5.52 Å². The number of H-pyrrole nitrogens is 1. The number of nitrogens with one attached hydrogen (secondary N) is 1. The van der Waals surface area contributed by atoms with Crippen LogP contribution in [0.2, 0.25) is 0 Å². The molecule has 2 aromatic rings. The minimum atomic E-state index is -0.0313. The Labute approximate surface area is 75.7 Å². The number of fused-ring (bicyclic) bond motifs is 1. The van der Waals surface area contributed by atoms with Gasteiger partial charge >= 0.3 is 5.69 Å². The van der Waals surface area contributed by atoms with Gasteiger partial charge < -0.3 is 0 Å². The van der Waals surface area contributed by atoms with E-state index in [4.69, 9.17) is 0 Å². The zero-order valence-corrected chi connectivity index (χ0v) is 7.03. The van der Waals surface area contributed by atoms with E-state index in [0.717, 1.165) is 18.4 Å². The maximum absolute atomic E-state index is 11.5. The lowest BCUT2D eigenvalue weighted by atomic mass is 10.4. The second kappa shape index (κ2) is 2.22. The van der Waals surface area contributed by atoms with Gasteiger partial charge in [0, 0.05) is 13.7 Å². The third kappa shape index (κ3) is 0.915. The Morgan fingerprint density at radius 1 is 1.62 bits per heavy atom. The molecule has 0 unspecified atom stereocenters. The highest BCUT2D eigenvalue weighted by atomic mass is 16.1. The molecule has 4 nitrogen and oxygen atoms in total. The van der Waals surface area contributed by atoms with Crippen molar-refractivity contribution in [2.75, 3.05) is 0 Å². The molecular weight excluding hydrogens is 166 g/mol. The number of hydrogen-bond donors (Lipinski definition) is 1. The lowest BCUT2D eigenvalue weighted by Crippen LogP contribution is -2.14. The van der Waals surface area contributed by atoms with Crippen molar-refractivity contribution in [3.63, 3.8) is 0 Å². The standard InChI is InChI=1S/C9H9N3O.H2/c13-9-11-8-7(2-1-5-10-8)12(9)6-3-4-6;/h1-2,5-6H,3-4H2,(H,10,11,13);1H. The van der Waals surface area contributed by atoms with E-state index in [1.54, 1.807) is 6.20 Å². The van der Waals surface area contributed by atoms with Crippen LogP contribution in [0.1, 0.15) is 20.3 Å². The second-order valence-corrected chi connectivity index (χ2v) is 3.40. The normalized spacial score (nSPS) is 16.6. The summed E-state index contributed by atoms with van der Waals surface area (Å²) >= 11 is 0. The maximum Gasteiger partial charge on any atom is 0.327 e. The van der Waals surface area contributed by atoms with Crippen LogP contribution in [-0.4, -0.2) is 14.5 Å². The van der Waals surface area contributed by atoms with Gasteiger partial charge in [0.2, 0.25) is 0 Å². The van der Waals surface area contributed by atoms with E-state index in [2.05, 4.69) is 9.97 Å². The minimum absolute atomic E-state index is 0. The Balaban J connectivity index is 0.000000750. The molecule has 13 heavy (non-hydrogen) atoms. The quantitative estimate of drug-likeness (QED) is 0.713.